The van der Waals surface area contributed by atoms with Gasteiger partial charge in [0.05, 0.1) is 6.54 Å². The van der Waals surface area contributed by atoms with Crippen LogP contribution >= 0.6 is 0 Å². The smallest absolute Gasteiger partial charge is 0.410 e. The van der Waals surface area contributed by atoms with Gasteiger partial charge in [0.2, 0.25) is 0 Å². The Hall–Kier alpha value is -2.24. The molecule has 0 saturated heterocycles. The molecule has 1 aromatic carbocycles. The number of carbonyl (C=O) groups excluding carboxylic acids is 1. The molecule has 0 radical (unpaired) electrons. The minimum Gasteiger partial charge on any atom is -0.508 e. The molecule has 116 valence electrons. The third kappa shape index (κ3) is 6.16. The Bertz CT molecular complexity index is 504. The van der Waals surface area contributed by atoms with Crippen LogP contribution in [0.15, 0.2) is 29.3 Å². The van der Waals surface area contributed by atoms with Gasteiger partial charge < -0.3 is 20.5 Å². The number of nitrogens with two attached hydrogens (primary N) is 1. The fourth-order valence-electron chi connectivity index (χ4n) is 1.48. The molecule has 0 bridgehead atoms. The van der Waals surface area contributed by atoms with E-state index in [2.05, 4.69) is 4.99 Å². The van der Waals surface area contributed by atoms with E-state index in [9.17, 15) is 9.90 Å². The van der Waals surface area contributed by atoms with Crippen molar-refractivity contribution in [2.24, 2.45) is 10.7 Å². The van der Waals surface area contributed by atoms with E-state index >= 15 is 0 Å². The number of amidine groups is 1. The van der Waals surface area contributed by atoms with Crippen molar-refractivity contribution >= 4 is 11.9 Å². The SMILES string of the molecule is CN(CCN=C(N)c1ccc(O)cc1)C(=O)OC(C)(C)C. The number of amides is 1. The molecule has 0 aliphatic heterocycles. The summed E-state index contributed by atoms with van der Waals surface area (Å²) < 4.78 is 5.23. The van der Waals surface area contributed by atoms with Gasteiger partial charge in [-0.25, -0.2) is 4.79 Å². The average molecular weight is 293 g/mol. The lowest BCUT2D eigenvalue weighted by Gasteiger charge is -2.24. The predicted octanol–water partition coefficient (Wildman–Crippen LogP) is 1.96. The number of phenolic OH excluding ortho intramolecular Hbond substituents is 1. The summed E-state index contributed by atoms with van der Waals surface area (Å²) in [7, 11) is 1.65. The Morgan fingerprint density at radius 1 is 1.33 bits per heavy atom. The molecule has 1 amide bonds. The van der Waals surface area contributed by atoms with E-state index in [1.807, 2.05) is 20.8 Å². The van der Waals surface area contributed by atoms with Gasteiger partial charge in [0.1, 0.15) is 17.2 Å². The molecule has 0 aliphatic carbocycles. The summed E-state index contributed by atoms with van der Waals surface area (Å²) in [6.45, 7) is 6.25. The van der Waals surface area contributed by atoms with Crippen LogP contribution in [-0.4, -0.2) is 47.7 Å². The summed E-state index contributed by atoms with van der Waals surface area (Å²) in [5.74, 6) is 0.545. The first-order valence-corrected chi connectivity index (χ1v) is 6.72. The van der Waals surface area contributed by atoms with Gasteiger partial charge in [-0.1, -0.05) is 0 Å². The van der Waals surface area contributed by atoms with Crippen LogP contribution in [0, 0.1) is 0 Å². The van der Waals surface area contributed by atoms with Crippen molar-refractivity contribution in [3.05, 3.63) is 29.8 Å². The molecule has 0 heterocycles. The highest BCUT2D eigenvalue weighted by atomic mass is 16.6. The summed E-state index contributed by atoms with van der Waals surface area (Å²) in [5.41, 5.74) is 6.06. The number of hydrogen-bond acceptors (Lipinski definition) is 4. The maximum Gasteiger partial charge on any atom is 0.410 e. The molecule has 1 rings (SSSR count). The highest BCUT2D eigenvalue weighted by Crippen LogP contribution is 2.10. The molecule has 6 nitrogen and oxygen atoms in total. The molecule has 6 heteroatoms. The number of benzene rings is 1. The van der Waals surface area contributed by atoms with Crippen LogP contribution in [0.3, 0.4) is 0 Å². The number of likely N-dealkylation sites (N-methyl/N-ethyl adjacent to an activating group) is 1. The lowest BCUT2D eigenvalue weighted by Crippen LogP contribution is -2.35. The summed E-state index contributed by atoms with van der Waals surface area (Å²) in [6, 6.07) is 6.46. The quantitative estimate of drug-likeness (QED) is 0.656. The molecule has 0 fully saturated rings. The Kier molecular flexibility index (Phi) is 5.58. The van der Waals surface area contributed by atoms with Crippen molar-refractivity contribution < 1.29 is 14.6 Å². The lowest BCUT2D eigenvalue weighted by atomic mass is 10.2. The van der Waals surface area contributed by atoms with E-state index in [4.69, 9.17) is 10.5 Å². The Balaban J connectivity index is 2.49. The monoisotopic (exact) mass is 293 g/mol. The number of nitrogens with zero attached hydrogens (tertiary/aromatic N) is 2. The van der Waals surface area contributed by atoms with E-state index in [1.165, 1.54) is 4.90 Å². The number of hydrogen-bond donors (Lipinski definition) is 2. The van der Waals surface area contributed by atoms with Gasteiger partial charge in [-0.15, -0.1) is 0 Å². The van der Waals surface area contributed by atoms with Gasteiger partial charge in [-0.05, 0) is 45.0 Å². The zero-order valence-corrected chi connectivity index (χ0v) is 13.0. The Morgan fingerprint density at radius 2 is 1.90 bits per heavy atom. The third-order valence-electron chi connectivity index (χ3n) is 2.59. The lowest BCUT2D eigenvalue weighted by molar-refractivity contribution is 0.0304. The maximum absolute atomic E-state index is 11.7. The molecule has 0 aromatic heterocycles. The first-order chi connectivity index (χ1) is 9.69. The Labute approximate surface area is 125 Å². The average Bonchev–Trinajstić information content (AvgIpc) is 2.37. The van der Waals surface area contributed by atoms with Crippen molar-refractivity contribution in [2.45, 2.75) is 26.4 Å². The first kappa shape index (κ1) is 16.8. The molecule has 0 spiro atoms. The fraction of sp³-hybridized carbons (Fsp3) is 0.467. The summed E-state index contributed by atoms with van der Waals surface area (Å²) in [5, 5.41) is 9.20. The third-order valence-corrected chi connectivity index (χ3v) is 2.59. The van der Waals surface area contributed by atoms with Crippen LogP contribution in [-0.2, 0) is 4.74 Å². The van der Waals surface area contributed by atoms with Crippen LogP contribution < -0.4 is 5.73 Å². The Morgan fingerprint density at radius 3 is 2.43 bits per heavy atom. The molecule has 21 heavy (non-hydrogen) atoms. The summed E-state index contributed by atoms with van der Waals surface area (Å²) in [6.07, 6.45) is -0.388. The van der Waals surface area contributed by atoms with E-state index in [1.54, 1.807) is 31.3 Å². The first-order valence-electron chi connectivity index (χ1n) is 6.72. The zero-order valence-electron chi connectivity index (χ0n) is 13.0. The van der Waals surface area contributed by atoms with Gasteiger partial charge in [-0.3, -0.25) is 4.99 Å². The molecule has 3 N–H and O–H groups in total. The second-order valence-electron chi connectivity index (χ2n) is 5.72. The van der Waals surface area contributed by atoms with Crippen LogP contribution in [0.25, 0.3) is 0 Å². The number of ether oxygens (including phenoxy) is 1. The second-order valence-corrected chi connectivity index (χ2v) is 5.72. The minimum atomic E-state index is -0.514. The molecular weight excluding hydrogens is 270 g/mol. The van der Waals surface area contributed by atoms with Crippen molar-refractivity contribution in [1.82, 2.24) is 4.90 Å². The van der Waals surface area contributed by atoms with Crippen molar-refractivity contribution in [3.63, 3.8) is 0 Å². The normalized spacial score (nSPS) is 12.1. The molecular formula is C15H23N3O3. The van der Waals surface area contributed by atoms with E-state index in [-0.39, 0.29) is 11.8 Å². The minimum absolute atomic E-state index is 0.177. The summed E-state index contributed by atoms with van der Waals surface area (Å²) in [4.78, 5) is 17.4. The van der Waals surface area contributed by atoms with E-state index in [0.29, 0.717) is 18.9 Å². The largest absolute Gasteiger partial charge is 0.508 e. The molecule has 0 atom stereocenters. The van der Waals surface area contributed by atoms with Crippen LogP contribution in [0.5, 0.6) is 5.75 Å². The van der Waals surface area contributed by atoms with Gasteiger partial charge in [0.15, 0.2) is 0 Å². The summed E-state index contributed by atoms with van der Waals surface area (Å²) >= 11 is 0. The topological polar surface area (TPSA) is 88.1 Å². The van der Waals surface area contributed by atoms with Crippen LogP contribution in [0.4, 0.5) is 4.79 Å². The van der Waals surface area contributed by atoms with Crippen LogP contribution in [0.1, 0.15) is 26.3 Å². The van der Waals surface area contributed by atoms with E-state index in [0.717, 1.165) is 5.56 Å². The number of rotatable bonds is 4. The van der Waals surface area contributed by atoms with Crippen molar-refractivity contribution in [1.29, 1.82) is 0 Å². The number of aliphatic imine (C=N–C) groups is 1. The highest BCUT2D eigenvalue weighted by molar-refractivity contribution is 5.97. The molecule has 0 saturated carbocycles. The number of carbonyl (C=O) groups is 1. The van der Waals surface area contributed by atoms with Crippen molar-refractivity contribution in [2.75, 3.05) is 20.1 Å². The molecule has 0 unspecified atom stereocenters. The molecule has 0 aliphatic rings. The zero-order chi connectivity index (χ0) is 16.0. The standard InChI is InChI=1S/C15H23N3O3/c1-15(2,3)21-14(20)18(4)10-9-17-13(16)11-5-7-12(19)8-6-11/h5-8,19H,9-10H2,1-4H3,(H2,16,17). The molecule has 1 aromatic rings. The second kappa shape index (κ2) is 6.97. The van der Waals surface area contributed by atoms with Crippen LogP contribution in [0.2, 0.25) is 0 Å². The van der Waals surface area contributed by atoms with Gasteiger partial charge in [0.25, 0.3) is 0 Å². The fourth-order valence-corrected chi connectivity index (χ4v) is 1.48. The maximum atomic E-state index is 11.7. The number of phenols is 1. The van der Waals surface area contributed by atoms with Gasteiger partial charge in [0, 0.05) is 19.2 Å². The van der Waals surface area contributed by atoms with Gasteiger partial charge >= 0.3 is 6.09 Å². The van der Waals surface area contributed by atoms with Crippen molar-refractivity contribution in [3.8, 4) is 5.75 Å². The highest BCUT2D eigenvalue weighted by Gasteiger charge is 2.19. The predicted molar refractivity (Wildman–Crippen MR) is 82.6 cm³/mol. The van der Waals surface area contributed by atoms with Gasteiger partial charge in [-0.2, -0.15) is 0 Å². The van der Waals surface area contributed by atoms with E-state index < -0.39 is 5.60 Å². The number of aromatic hydroxyl groups is 1.